The van der Waals surface area contributed by atoms with Crippen molar-refractivity contribution < 1.29 is 13.4 Å². The van der Waals surface area contributed by atoms with Crippen molar-refractivity contribution in [3.8, 4) is 0 Å². The number of carbonyl (C=O) groups excluding carboxylic acids is 1. The van der Waals surface area contributed by atoms with E-state index >= 15 is 0 Å². The molecular formula is C4HNO3S2. The first-order chi connectivity index (χ1) is 4.79. The van der Waals surface area contributed by atoms with Crippen LogP contribution in [0.3, 0.4) is 0 Å². The molecule has 0 aromatic carbocycles. The lowest BCUT2D eigenvalue weighted by Gasteiger charge is -1.77. The van der Waals surface area contributed by atoms with Crippen LogP contribution in [0, 0.1) is 0 Å². The number of hydrogen-bond acceptors (Lipinski definition) is 5. The Balaban J connectivity index is 2.69. The molecule has 0 amide bonds. The van der Waals surface area contributed by atoms with Crippen LogP contribution in [0.5, 0.6) is 0 Å². The van der Waals surface area contributed by atoms with Crippen LogP contribution in [0.15, 0.2) is 15.9 Å². The van der Waals surface area contributed by atoms with Crippen molar-refractivity contribution >= 4 is 25.7 Å². The van der Waals surface area contributed by atoms with E-state index in [9.17, 15) is 9.00 Å². The van der Waals surface area contributed by atoms with Gasteiger partial charge in [-0.25, -0.2) is 9.19 Å². The Morgan fingerprint density at radius 2 is 2.50 bits per heavy atom. The van der Waals surface area contributed by atoms with E-state index in [4.69, 9.17) is 4.42 Å². The Morgan fingerprint density at radius 3 is 3.20 bits per heavy atom. The smallest absolute Gasteiger partial charge is 0.255 e. The van der Waals surface area contributed by atoms with Gasteiger partial charge < -0.3 is 4.42 Å². The Morgan fingerprint density at radius 1 is 1.70 bits per heavy atom. The molecule has 1 aromatic rings. The molecule has 0 aliphatic carbocycles. The van der Waals surface area contributed by atoms with Gasteiger partial charge in [-0.1, -0.05) is 0 Å². The van der Waals surface area contributed by atoms with Crippen LogP contribution < -0.4 is 0 Å². The molecule has 1 unspecified atom stereocenters. The first kappa shape index (κ1) is 6.11. The van der Waals surface area contributed by atoms with E-state index in [2.05, 4.69) is 4.98 Å². The SMILES string of the molecule is O=C1SS(=O)c2ocnc21. The molecule has 10 heavy (non-hydrogen) atoms. The van der Waals surface area contributed by atoms with Gasteiger partial charge in [-0.3, -0.25) is 4.79 Å². The first-order valence-electron chi connectivity index (χ1n) is 2.37. The summed E-state index contributed by atoms with van der Waals surface area (Å²) < 4.78 is 15.6. The molecule has 4 nitrogen and oxygen atoms in total. The summed E-state index contributed by atoms with van der Waals surface area (Å²) in [4.78, 5) is 14.4. The normalized spacial score (nSPS) is 23.2. The largest absolute Gasteiger partial charge is 0.433 e. The van der Waals surface area contributed by atoms with Gasteiger partial charge in [0, 0.05) is 10.8 Å². The Hall–Kier alpha value is -0.620. The number of oxazole rings is 1. The lowest BCUT2D eigenvalue weighted by molar-refractivity contribution is 0.108. The van der Waals surface area contributed by atoms with Crippen molar-refractivity contribution in [1.82, 2.24) is 4.98 Å². The van der Waals surface area contributed by atoms with Crippen LogP contribution in [0.4, 0.5) is 0 Å². The highest BCUT2D eigenvalue weighted by Gasteiger charge is 2.32. The van der Waals surface area contributed by atoms with Crippen molar-refractivity contribution in [1.29, 1.82) is 0 Å². The molecule has 0 spiro atoms. The van der Waals surface area contributed by atoms with Gasteiger partial charge in [-0.05, 0) is 0 Å². The van der Waals surface area contributed by atoms with Crippen LogP contribution >= 0.6 is 10.8 Å². The number of carbonyl (C=O) groups is 1. The molecule has 0 radical (unpaired) electrons. The van der Waals surface area contributed by atoms with E-state index in [-0.39, 0.29) is 15.9 Å². The lowest BCUT2D eigenvalue weighted by Crippen LogP contribution is -1.85. The standard InChI is InChI=1S/C4HNO3S2/c6-3-2-4(8-1-5-2)10(7)9-3/h1H. The molecule has 0 N–H and O–H groups in total. The maximum atomic E-state index is 10.9. The average Bonchev–Trinajstić information content (AvgIpc) is 2.39. The highest BCUT2D eigenvalue weighted by molar-refractivity contribution is 8.76. The second kappa shape index (κ2) is 1.93. The van der Waals surface area contributed by atoms with E-state index in [1.165, 1.54) is 0 Å². The highest BCUT2D eigenvalue weighted by Crippen LogP contribution is 2.32. The Labute approximate surface area is 61.9 Å². The molecule has 0 saturated carbocycles. The number of nitrogens with zero attached hydrogens (tertiary/aromatic N) is 1. The van der Waals surface area contributed by atoms with Crippen LogP contribution in [0.1, 0.15) is 10.5 Å². The van der Waals surface area contributed by atoms with E-state index < -0.39 is 9.83 Å². The predicted octanol–water partition coefficient (Wildman–Crippen LogP) is 0.584. The molecule has 1 aromatic heterocycles. The summed E-state index contributed by atoms with van der Waals surface area (Å²) in [5.41, 5.74) is 0.198. The van der Waals surface area contributed by atoms with Gasteiger partial charge in [-0.15, -0.1) is 0 Å². The maximum Gasteiger partial charge on any atom is 0.255 e. The third kappa shape index (κ3) is 0.657. The minimum atomic E-state index is -1.36. The monoisotopic (exact) mass is 175 g/mol. The van der Waals surface area contributed by atoms with Crippen LogP contribution in [-0.4, -0.2) is 14.3 Å². The number of fused-ring (bicyclic) bond motifs is 1. The van der Waals surface area contributed by atoms with Gasteiger partial charge in [0.15, 0.2) is 21.9 Å². The van der Waals surface area contributed by atoms with E-state index in [0.29, 0.717) is 0 Å². The fraction of sp³-hybridized carbons (Fsp3) is 0. The number of hydrogen-bond donors (Lipinski definition) is 0. The highest BCUT2D eigenvalue weighted by atomic mass is 33.1. The van der Waals surface area contributed by atoms with Crippen molar-refractivity contribution in [3.63, 3.8) is 0 Å². The van der Waals surface area contributed by atoms with E-state index in [1.54, 1.807) is 0 Å². The predicted molar refractivity (Wildman–Crippen MR) is 34.8 cm³/mol. The summed E-state index contributed by atoms with van der Waals surface area (Å²) in [6.45, 7) is 0. The summed E-state index contributed by atoms with van der Waals surface area (Å²) in [5, 5.41) is -0.0860. The zero-order valence-electron chi connectivity index (χ0n) is 4.57. The Kier molecular flexibility index (Phi) is 1.18. The molecule has 2 rings (SSSR count). The topological polar surface area (TPSA) is 60.2 Å². The quantitative estimate of drug-likeness (QED) is 0.540. The molecular weight excluding hydrogens is 174 g/mol. The van der Waals surface area contributed by atoms with Crippen LogP contribution in [0.2, 0.25) is 0 Å². The molecule has 1 aliphatic rings. The van der Waals surface area contributed by atoms with Gasteiger partial charge in [0.05, 0.1) is 0 Å². The molecule has 0 fully saturated rings. The third-order valence-electron chi connectivity index (χ3n) is 1.03. The molecule has 52 valence electrons. The minimum Gasteiger partial charge on any atom is -0.433 e. The molecule has 0 saturated heterocycles. The molecule has 0 bridgehead atoms. The van der Waals surface area contributed by atoms with Crippen LogP contribution in [0.25, 0.3) is 0 Å². The first-order valence-corrected chi connectivity index (χ1v) is 4.85. The second-order valence-corrected chi connectivity index (χ2v) is 4.38. The Bertz CT molecular complexity index is 290. The third-order valence-corrected chi connectivity index (χ3v) is 3.48. The van der Waals surface area contributed by atoms with E-state index in [1.807, 2.05) is 0 Å². The average molecular weight is 175 g/mol. The van der Waals surface area contributed by atoms with Crippen molar-refractivity contribution in [3.05, 3.63) is 12.1 Å². The fourth-order valence-electron chi connectivity index (χ4n) is 0.636. The van der Waals surface area contributed by atoms with Gasteiger partial charge in [0.2, 0.25) is 5.09 Å². The van der Waals surface area contributed by atoms with Crippen molar-refractivity contribution in [2.75, 3.05) is 0 Å². The van der Waals surface area contributed by atoms with E-state index in [0.717, 1.165) is 17.2 Å². The molecule has 2 heterocycles. The van der Waals surface area contributed by atoms with Crippen molar-refractivity contribution in [2.24, 2.45) is 0 Å². The van der Waals surface area contributed by atoms with Gasteiger partial charge in [-0.2, -0.15) is 0 Å². The second-order valence-electron chi connectivity index (χ2n) is 1.59. The van der Waals surface area contributed by atoms with Gasteiger partial charge in [0.25, 0.3) is 5.12 Å². The van der Waals surface area contributed by atoms with Crippen molar-refractivity contribution in [2.45, 2.75) is 5.09 Å². The van der Waals surface area contributed by atoms with Gasteiger partial charge >= 0.3 is 0 Å². The minimum absolute atomic E-state index is 0.190. The zero-order chi connectivity index (χ0) is 7.14. The molecule has 6 heteroatoms. The number of aromatic nitrogens is 1. The summed E-state index contributed by atoms with van der Waals surface area (Å²) in [6.07, 6.45) is 1.13. The zero-order valence-corrected chi connectivity index (χ0v) is 6.20. The summed E-state index contributed by atoms with van der Waals surface area (Å²) in [6, 6.07) is 0. The summed E-state index contributed by atoms with van der Waals surface area (Å²) in [5.74, 6) is 0. The fourth-order valence-corrected chi connectivity index (χ4v) is 2.79. The lowest BCUT2D eigenvalue weighted by atomic mass is 10.5. The maximum absolute atomic E-state index is 10.9. The molecule has 1 atom stereocenters. The van der Waals surface area contributed by atoms with Gasteiger partial charge in [0.1, 0.15) is 0 Å². The summed E-state index contributed by atoms with van der Waals surface area (Å²) in [7, 11) is -0.626. The number of rotatable bonds is 0. The van der Waals surface area contributed by atoms with Crippen LogP contribution in [-0.2, 0) is 9.83 Å². The molecule has 1 aliphatic heterocycles. The summed E-state index contributed by atoms with van der Waals surface area (Å²) >= 11 is 0.